The topological polar surface area (TPSA) is 66.4 Å². The Bertz CT molecular complexity index is 480. The third kappa shape index (κ3) is 3.58. The van der Waals surface area contributed by atoms with Gasteiger partial charge in [-0.3, -0.25) is 4.79 Å². The number of benzene rings is 1. The minimum atomic E-state index is -1.01. The van der Waals surface area contributed by atoms with Crippen molar-refractivity contribution in [1.82, 2.24) is 5.32 Å². The number of hydrogen-bond acceptors (Lipinski definition) is 2. The van der Waals surface area contributed by atoms with Crippen LogP contribution in [0.3, 0.4) is 0 Å². The van der Waals surface area contributed by atoms with Crippen molar-refractivity contribution in [3.8, 4) is 0 Å². The summed E-state index contributed by atoms with van der Waals surface area (Å²) < 4.78 is 0. The summed E-state index contributed by atoms with van der Waals surface area (Å²) in [6.07, 6.45) is 0.307. The zero-order chi connectivity index (χ0) is 13.9. The van der Waals surface area contributed by atoms with Gasteiger partial charge in [0.25, 0.3) is 0 Å². The van der Waals surface area contributed by atoms with Crippen LogP contribution in [0.1, 0.15) is 29.2 Å². The molecule has 0 bridgehead atoms. The van der Waals surface area contributed by atoms with Crippen LogP contribution in [0, 0.1) is 20.8 Å². The Hall–Kier alpha value is -1.84. The Morgan fingerprint density at radius 1 is 1.17 bits per heavy atom. The molecule has 0 saturated heterocycles. The van der Waals surface area contributed by atoms with Crippen LogP contribution in [0.5, 0.6) is 0 Å². The number of aliphatic carboxylic acids is 1. The largest absolute Gasteiger partial charge is 0.480 e. The fraction of sp³-hybridized carbons (Fsp3) is 0.429. The van der Waals surface area contributed by atoms with Crippen molar-refractivity contribution < 1.29 is 14.7 Å². The van der Waals surface area contributed by atoms with Crippen LogP contribution in [0.4, 0.5) is 0 Å². The third-order valence-corrected chi connectivity index (χ3v) is 3.05. The summed E-state index contributed by atoms with van der Waals surface area (Å²) in [6, 6.07) is 3.16. The van der Waals surface area contributed by atoms with E-state index in [4.69, 9.17) is 5.11 Å². The lowest BCUT2D eigenvalue weighted by molar-refractivity contribution is -0.141. The Balaban J connectivity index is 2.97. The molecule has 1 aromatic rings. The average Bonchev–Trinajstić information content (AvgIpc) is 2.23. The van der Waals surface area contributed by atoms with Gasteiger partial charge in [0.15, 0.2) is 0 Å². The highest BCUT2D eigenvalue weighted by Crippen LogP contribution is 2.17. The van der Waals surface area contributed by atoms with Crippen LogP contribution >= 0.6 is 0 Å². The lowest BCUT2D eigenvalue weighted by atomic mass is 9.96. The zero-order valence-corrected chi connectivity index (χ0v) is 11.2. The zero-order valence-electron chi connectivity index (χ0n) is 11.2. The Morgan fingerprint density at radius 3 is 2.22 bits per heavy atom. The van der Waals surface area contributed by atoms with Crippen LogP contribution in [0.15, 0.2) is 12.1 Å². The van der Waals surface area contributed by atoms with Crippen LogP contribution in [0.25, 0.3) is 0 Å². The van der Waals surface area contributed by atoms with Gasteiger partial charge < -0.3 is 10.4 Å². The van der Waals surface area contributed by atoms with E-state index in [0.717, 1.165) is 16.7 Å². The van der Waals surface area contributed by atoms with E-state index in [1.54, 1.807) is 0 Å². The predicted octanol–water partition coefficient (Wildman–Crippen LogP) is 1.74. The van der Waals surface area contributed by atoms with Crippen molar-refractivity contribution in [2.45, 2.75) is 40.2 Å². The number of amides is 1. The first-order chi connectivity index (χ1) is 8.31. The normalized spacial score (nSPS) is 12.0. The minimum absolute atomic E-state index is 0.307. The smallest absolute Gasteiger partial charge is 0.326 e. The second-order valence-corrected chi connectivity index (χ2v) is 4.66. The molecule has 2 N–H and O–H groups in total. The Kier molecular flexibility index (Phi) is 4.48. The van der Waals surface area contributed by atoms with Crippen molar-refractivity contribution in [1.29, 1.82) is 0 Å². The quantitative estimate of drug-likeness (QED) is 0.854. The summed E-state index contributed by atoms with van der Waals surface area (Å²) in [5.41, 5.74) is 4.32. The molecule has 1 atom stereocenters. The van der Waals surface area contributed by atoms with Gasteiger partial charge in [-0.15, -0.1) is 0 Å². The van der Waals surface area contributed by atoms with Gasteiger partial charge in [-0.1, -0.05) is 12.1 Å². The van der Waals surface area contributed by atoms with Crippen molar-refractivity contribution in [2.24, 2.45) is 0 Å². The lowest BCUT2D eigenvalue weighted by Gasteiger charge is -2.16. The molecule has 0 spiro atoms. The second kappa shape index (κ2) is 5.67. The molecule has 0 aliphatic carbocycles. The molecule has 0 aromatic heterocycles. The maximum atomic E-state index is 11.1. The Labute approximate surface area is 107 Å². The molecule has 0 fully saturated rings. The van der Waals surface area contributed by atoms with Gasteiger partial charge >= 0.3 is 5.97 Å². The van der Waals surface area contributed by atoms with Crippen molar-refractivity contribution >= 4 is 11.9 Å². The van der Waals surface area contributed by atoms with Crippen LogP contribution in [-0.4, -0.2) is 23.0 Å². The van der Waals surface area contributed by atoms with Crippen LogP contribution in [-0.2, 0) is 16.0 Å². The monoisotopic (exact) mass is 249 g/mol. The highest BCUT2D eigenvalue weighted by molar-refractivity contribution is 5.82. The van der Waals surface area contributed by atoms with Crippen LogP contribution < -0.4 is 5.32 Å². The molecular formula is C14H19NO3. The summed E-state index contributed by atoms with van der Waals surface area (Å²) in [6.45, 7) is 7.29. The van der Waals surface area contributed by atoms with Gasteiger partial charge in [0.1, 0.15) is 6.04 Å². The van der Waals surface area contributed by atoms with Gasteiger partial charge in [-0.2, -0.15) is 0 Å². The molecule has 4 heteroatoms. The number of hydrogen-bond donors (Lipinski definition) is 2. The van der Waals surface area contributed by atoms with E-state index in [1.807, 2.05) is 32.9 Å². The van der Waals surface area contributed by atoms with E-state index >= 15 is 0 Å². The Morgan fingerprint density at radius 2 is 1.72 bits per heavy atom. The van der Waals surface area contributed by atoms with E-state index in [9.17, 15) is 9.59 Å². The molecule has 1 amide bonds. The van der Waals surface area contributed by atoms with E-state index in [0.29, 0.717) is 6.42 Å². The SMILES string of the molecule is CC(=O)NC(Cc1cc(C)c(C)cc1C)C(=O)O. The number of rotatable bonds is 4. The fourth-order valence-corrected chi connectivity index (χ4v) is 1.91. The number of aryl methyl sites for hydroxylation is 3. The first kappa shape index (κ1) is 14.2. The summed E-state index contributed by atoms with van der Waals surface area (Å²) in [5.74, 6) is -1.34. The lowest BCUT2D eigenvalue weighted by Crippen LogP contribution is -2.41. The highest BCUT2D eigenvalue weighted by atomic mass is 16.4. The number of nitrogens with one attached hydrogen (secondary N) is 1. The first-order valence-electron chi connectivity index (χ1n) is 5.88. The van der Waals surface area contributed by atoms with Crippen molar-refractivity contribution in [2.75, 3.05) is 0 Å². The summed E-state index contributed by atoms with van der Waals surface area (Å²) >= 11 is 0. The van der Waals surface area contributed by atoms with E-state index in [2.05, 4.69) is 5.32 Å². The van der Waals surface area contributed by atoms with E-state index < -0.39 is 12.0 Å². The first-order valence-corrected chi connectivity index (χ1v) is 5.88. The van der Waals surface area contributed by atoms with Gasteiger partial charge in [0.05, 0.1) is 0 Å². The fourth-order valence-electron chi connectivity index (χ4n) is 1.91. The predicted molar refractivity (Wildman–Crippen MR) is 69.6 cm³/mol. The maximum Gasteiger partial charge on any atom is 0.326 e. The molecular weight excluding hydrogens is 230 g/mol. The van der Waals surface area contributed by atoms with Gasteiger partial charge in [0.2, 0.25) is 5.91 Å². The molecule has 18 heavy (non-hydrogen) atoms. The molecule has 1 aromatic carbocycles. The number of carbonyl (C=O) groups excluding carboxylic acids is 1. The number of carboxylic acids is 1. The van der Waals surface area contributed by atoms with E-state index in [1.165, 1.54) is 12.5 Å². The molecule has 1 unspecified atom stereocenters. The third-order valence-electron chi connectivity index (χ3n) is 3.05. The molecule has 0 radical (unpaired) electrons. The van der Waals surface area contributed by atoms with Crippen LogP contribution in [0.2, 0.25) is 0 Å². The van der Waals surface area contributed by atoms with Crippen molar-refractivity contribution in [3.63, 3.8) is 0 Å². The molecule has 0 aliphatic rings. The number of carbonyl (C=O) groups is 2. The summed E-state index contributed by atoms with van der Waals surface area (Å²) in [4.78, 5) is 22.1. The molecule has 1 rings (SSSR count). The number of carboxylic acid groups (broad SMARTS) is 1. The van der Waals surface area contributed by atoms with Gasteiger partial charge in [-0.25, -0.2) is 4.79 Å². The average molecular weight is 249 g/mol. The van der Waals surface area contributed by atoms with E-state index in [-0.39, 0.29) is 5.91 Å². The van der Waals surface area contributed by atoms with Gasteiger partial charge in [-0.05, 0) is 43.0 Å². The molecule has 0 heterocycles. The maximum absolute atomic E-state index is 11.1. The summed E-state index contributed by atoms with van der Waals surface area (Å²) in [5, 5.41) is 11.5. The summed E-state index contributed by atoms with van der Waals surface area (Å²) in [7, 11) is 0. The molecule has 0 aliphatic heterocycles. The minimum Gasteiger partial charge on any atom is -0.480 e. The highest BCUT2D eigenvalue weighted by Gasteiger charge is 2.19. The van der Waals surface area contributed by atoms with Crippen molar-refractivity contribution in [3.05, 3.63) is 34.4 Å². The molecule has 4 nitrogen and oxygen atoms in total. The second-order valence-electron chi connectivity index (χ2n) is 4.66. The van der Waals surface area contributed by atoms with Gasteiger partial charge in [0, 0.05) is 13.3 Å². The standard InChI is InChI=1S/C14H19NO3/c1-8-5-10(3)12(6-9(8)2)7-13(14(17)18)15-11(4)16/h5-6,13H,7H2,1-4H3,(H,15,16)(H,17,18). The molecule has 98 valence electrons. The molecule has 0 saturated carbocycles.